The number of ether oxygens (including phenoxy) is 3. The maximum atomic E-state index is 13.4. The number of hydrogen-bond acceptors (Lipinski definition) is 8. The van der Waals surface area contributed by atoms with Gasteiger partial charge in [-0.3, -0.25) is 14.5 Å². The highest BCUT2D eigenvalue weighted by atomic mass is 16.6. The maximum Gasteiger partial charge on any atom is 0.411 e. The average molecular weight is 512 g/mol. The Hall–Kier alpha value is -3.37. The summed E-state index contributed by atoms with van der Waals surface area (Å²) in [7, 11) is 0. The van der Waals surface area contributed by atoms with Crippen molar-refractivity contribution >= 4 is 28.9 Å². The lowest BCUT2D eigenvalue weighted by atomic mass is 9.99. The summed E-state index contributed by atoms with van der Waals surface area (Å²) < 4.78 is 22.8. The largest absolute Gasteiger partial charge is 0.444 e. The lowest BCUT2D eigenvalue weighted by Gasteiger charge is -2.30. The number of nitrogens with zero attached hydrogens (tertiary/aromatic N) is 3. The Labute approximate surface area is 215 Å². The minimum Gasteiger partial charge on any atom is -0.444 e. The summed E-state index contributed by atoms with van der Waals surface area (Å²) in [6.45, 7) is 9.96. The van der Waals surface area contributed by atoms with E-state index in [0.717, 1.165) is 0 Å². The van der Waals surface area contributed by atoms with Crippen molar-refractivity contribution < 1.29 is 28.2 Å². The van der Waals surface area contributed by atoms with Crippen LogP contribution in [0.2, 0.25) is 0 Å². The molecule has 198 valence electrons. The van der Waals surface area contributed by atoms with Crippen molar-refractivity contribution in [1.29, 1.82) is 0 Å². The zero-order valence-electron chi connectivity index (χ0n) is 21.5. The molecule has 0 bridgehead atoms. The highest BCUT2D eigenvalue weighted by molar-refractivity contribution is 5.99. The second-order valence-corrected chi connectivity index (χ2v) is 10.4. The first-order valence-electron chi connectivity index (χ1n) is 12.7. The van der Waals surface area contributed by atoms with Gasteiger partial charge in [0, 0.05) is 49.9 Å². The fourth-order valence-electron chi connectivity index (χ4n) is 4.80. The van der Waals surface area contributed by atoms with E-state index in [-0.39, 0.29) is 11.3 Å². The standard InChI is InChI=1S/C27H33N3O7/c1-27(2,3)37-26(33)30-6-4-5-21(30)19-15-18(25(32)29-9-13-35-14-10-29)16-20-22(31)17-23(36-24(19)20)28-7-11-34-12-8-28/h4-5,15-17,21H,6-14H2,1-3H3. The van der Waals surface area contributed by atoms with Crippen LogP contribution in [0.4, 0.5) is 10.7 Å². The number of rotatable bonds is 3. The van der Waals surface area contributed by atoms with E-state index in [1.807, 2.05) is 37.8 Å². The van der Waals surface area contributed by atoms with Gasteiger partial charge in [-0.1, -0.05) is 12.2 Å². The average Bonchev–Trinajstić information content (AvgIpc) is 3.38. The van der Waals surface area contributed by atoms with Crippen molar-refractivity contribution in [3.05, 3.63) is 51.7 Å². The summed E-state index contributed by atoms with van der Waals surface area (Å²) in [6.07, 6.45) is 3.27. The fraction of sp³-hybridized carbons (Fsp3) is 0.519. The maximum absolute atomic E-state index is 13.4. The van der Waals surface area contributed by atoms with E-state index in [2.05, 4.69) is 0 Å². The highest BCUT2D eigenvalue weighted by Gasteiger charge is 2.33. The van der Waals surface area contributed by atoms with Crippen molar-refractivity contribution in [2.24, 2.45) is 0 Å². The van der Waals surface area contributed by atoms with Crippen molar-refractivity contribution in [1.82, 2.24) is 9.80 Å². The third kappa shape index (κ3) is 5.35. The smallest absolute Gasteiger partial charge is 0.411 e. The Morgan fingerprint density at radius 2 is 1.65 bits per heavy atom. The minimum atomic E-state index is -0.670. The molecule has 37 heavy (non-hydrogen) atoms. The molecule has 3 aliphatic rings. The quantitative estimate of drug-likeness (QED) is 0.580. The second-order valence-electron chi connectivity index (χ2n) is 10.4. The topological polar surface area (TPSA) is 102 Å². The molecule has 0 radical (unpaired) electrons. The molecule has 2 saturated heterocycles. The van der Waals surface area contributed by atoms with Crippen molar-refractivity contribution in [2.45, 2.75) is 32.4 Å². The molecular weight excluding hydrogens is 478 g/mol. The number of benzene rings is 1. The Balaban J connectivity index is 1.62. The predicted molar refractivity (Wildman–Crippen MR) is 137 cm³/mol. The van der Waals surface area contributed by atoms with Crippen molar-refractivity contribution in [3.63, 3.8) is 0 Å². The van der Waals surface area contributed by atoms with Crippen LogP contribution in [-0.2, 0) is 14.2 Å². The molecule has 0 aliphatic carbocycles. The molecule has 1 aromatic heterocycles. The molecule has 5 rings (SSSR count). The van der Waals surface area contributed by atoms with Gasteiger partial charge in [0.2, 0.25) is 0 Å². The summed E-state index contributed by atoms with van der Waals surface area (Å²) in [5.41, 5.74) is 0.390. The summed E-state index contributed by atoms with van der Waals surface area (Å²) in [5.74, 6) is 0.258. The Bertz CT molecular complexity index is 1270. The van der Waals surface area contributed by atoms with Crippen LogP contribution in [0.1, 0.15) is 42.7 Å². The molecule has 3 aliphatic heterocycles. The minimum absolute atomic E-state index is 0.186. The van der Waals surface area contributed by atoms with E-state index in [4.69, 9.17) is 18.6 Å². The van der Waals surface area contributed by atoms with Gasteiger partial charge in [0.1, 0.15) is 11.2 Å². The van der Waals surface area contributed by atoms with Crippen molar-refractivity contribution in [2.75, 3.05) is 64.1 Å². The molecule has 10 nitrogen and oxygen atoms in total. The van der Waals surface area contributed by atoms with E-state index in [0.29, 0.717) is 87.1 Å². The van der Waals surface area contributed by atoms with Gasteiger partial charge in [-0.05, 0) is 32.9 Å². The number of fused-ring (bicyclic) bond motifs is 1. The van der Waals surface area contributed by atoms with Crippen LogP contribution in [0.15, 0.2) is 39.6 Å². The van der Waals surface area contributed by atoms with E-state index in [1.165, 1.54) is 6.07 Å². The zero-order valence-corrected chi connectivity index (χ0v) is 21.5. The van der Waals surface area contributed by atoms with E-state index in [1.54, 1.807) is 21.9 Å². The molecule has 1 atom stereocenters. The number of carbonyl (C=O) groups excluding carboxylic acids is 2. The Morgan fingerprint density at radius 1 is 0.973 bits per heavy atom. The summed E-state index contributed by atoms with van der Waals surface area (Å²) in [6, 6.07) is 4.25. The van der Waals surface area contributed by atoms with Gasteiger partial charge in [-0.2, -0.15) is 0 Å². The van der Waals surface area contributed by atoms with E-state index in [9.17, 15) is 14.4 Å². The molecule has 10 heteroatoms. The van der Waals surface area contributed by atoms with Crippen LogP contribution < -0.4 is 10.3 Å². The molecule has 1 aromatic carbocycles. The SMILES string of the molecule is CC(C)(C)OC(=O)N1CC=CC1c1cc(C(=O)N2CCOCC2)cc2c(=O)cc(N3CCOCC3)oc12. The lowest BCUT2D eigenvalue weighted by Crippen LogP contribution is -2.41. The molecule has 2 fully saturated rings. The molecule has 0 saturated carbocycles. The van der Waals surface area contributed by atoms with Crippen LogP contribution in [-0.4, -0.2) is 86.6 Å². The van der Waals surface area contributed by atoms with Crippen LogP contribution in [0, 0.1) is 0 Å². The molecule has 2 aromatic rings. The lowest BCUT2D eigenvalue weighted by molar-refractivity contribution is 0.0241. The predicted octanol–water partition coefficient (Wildman–Crippen LogP) is 2.95. The van der Waals surface area contributed by atoms with Gasteiger partial charge in [0.15, 0.2) is 11.3 Å². The first-order valence-corrected chi connectivity index (χ1v) is 12.7. The van der Waals surface area contributed by atoms with Gasteiger partial charge < -0.3 is 28.4 Å². The third-order valence-electron chi connectivity index (χ3n) is 6.62. The van der Waals surface area contributed by atoms with Crippen LogP contribution in [0.5, 0.6) is 0 Å². The number of carbonyl (C=O) groups is 2. The third-order valence-corrected chi connectivity index (χ3v) is 6.62. The number of amides is 2. The van der Waals surface area contributed by atoms with Crippen LogP contribution in [0.25, 0.3) is 11.0 Å². The fourth-order valence-corrected chi connectivity index (χ4v) is 4.80. The Kier molecular flexibility index (Phi) is 6.96. The highest BCUT2D eigenvalue weighted by Crippen LogP contribution is 2.35. The normalized spacial score (nSPS) is 20.5. The zero-order chi connectivity index (χ0) is 26.2. The molecule has 0 N–H and O–H groups in total. The number of morpholine rings is 2. The monoisotopic (exact) mass is 511 g/mol. The first-order chi connectivity index (χ1) is 17.7. The van der Waals surface area contributed by atoms with Crippen molar-refractivity contribution in [3.8, 4) is 0 Å². The summed E-state index contributed by atoms with van der Waals surface area (Å²) in [5, 5.41) is 0.301. The van der Waals surface area contributed by atoms with Gasteiger partial charge in [-0.25, -0.2) is 4.79 Å². The molecular formula is C27H33N3O7. The Morgan fingerprint density at radius 3 is 2.32 bits per heavy atom. The van der Waals surface area contributed by atoms with Gasteiger partial charge in [-0.15, -0.1) is 0 Å². The molecule has 0 spiro atoms. The second kappa shape index (κ2) is 10.2. The van der Waals surface area contributed by atoms with E-state index < -0.39 is 17.7 Å². The summed E-state index contributed by atoms with van der Waals surface area (Å²) in [4.78, 5) is 45.2. The number of anilines is 1. The summed E-state index contributed by atoms with van der Waals surface area (Å²) >= 11 is 0. The van der Waals surface area contributed by atoms with E-state index >= 15 is 0 Å². The number of hydrogen-bond donors (Lipinski definition) is 0. The molecule has 4 heterocycles. The van der Waals surface area contributed by atoms with Gasteiger partial charge in [0.05, 0.1) is 37.9 Å². The molecule has 2 amide bonds. The van der Waals surface area contributed by atoms with Crippen LogP contribution >= 0.6 is 0 Å². The first kappa shape index (κ1) is 25.3. The molecule has 1 unspecified atom stereocenters. The van der Waals surface area contributed by atoms with Gasteiger partial charge >= 0.3 is 6.09 Å². The van der Waals surface area contributed by atoms with Crippen LogP contribution in [0.3, 0.4) is 0 Å². The van der Waals surface area contributed by atoms with Gasteiger partial charge in [0.25, 0.3) is 5.91 Å².